The number of rotatable bonds is 7. The van der Waals surface area contributed by atoms with E-state index >= 15 is 0 Å². The van der Waals surface area contributed by atoms with E-state index in [0.29, 0.717) is 22.3 Å². The van der Waals surface area contributed by atoms with Crippen LogP contribution in [0.1, 0.15) is 0 Å². The number of aromatic nitrogens is 2. The number of thioether (sulfide) groups is 1. The number of halogens is 3. The average molecular weight is 437 g/mol. The maximum absolute atomic E-state index is 12.4. The van der Waals surface area contributed by atoms with E-state index in [1.165, 1.54) is 43.1 Å². The van der Waals surface area contributed by atoms with Crippen LogP contribution in [-0.2, 0) is 4.79 Å². The van der Waals surface area contributed by atoms with Gasteiger partial charge in [0.25, 0.3) is 0 Å². The predicted octanol–water partition coefficient (Wildman–Crippen LogP) is 4.28. The number of methoxy groups -OCH3 is 1. The van der Waals surface area contributed by atoms with Gasteiger partial charge < -0.3 is 14.8 Å². The summed E-state index contributed by atoms with van der Waals surface area (Å²) in [7, 11) is 3.11. The highest BCUT2D eigenvalue weighted by Gasteiger charge is 2.31. The molecular weight excluding hydrogens is 419 g/mol. The molecule has 3 aromatic rings. The van der Waals surface area contributed by atoms with Gasteiger partial charge in [-0.2, -0.15) is 0 Å². The number of amides is 1. The lowest BCUT2D eigenvalue weighted by Crippen LogP contribution is -2.20. The van der Waals surface area contributed by atoms with E-state index in [0.717, 1.165) is 5.56 Å². The zero-order valence-electron chi connectivity index (χ0n) is 16.1. The Kier molecular flexibility index (Phi) is 6.56. The molecule has 0 spiro atoms. The van der Waals surface area contributed by atoms with Crippen LogP contribution in [0.25, 0.3) is 16.9 Å². The van der Waals surface area contributed by atoms with E-state index in [4.69, 9.17) is 4.74 Å². The number of nitrogens with one attached hydrogen (secondary N) is 1. The molecule has 0 saturated carbocycles. The van der Waals surface area contributed by atoms with Crippen molar-refractivity contribution in [1.82, 2.24) is 14.9 Å². The van der Waals surface area contributed by atoms with Crippen molar-refractivity contribution in [3.05, 3.63) is 54.7 Å². The van der Waals surface area contributed by atoms with E-state index in [1.54, 1.807) is 30.0 Å². The summed E-state index contributed by atoms with van der Waals surface area (Å²) in [6.07, 6.45) is -3.12. The van der Waals surface area contributed by atoms with Gasteiger partial charge in [-0.15, -0.1) is 13.2 Å². The fraction of sp³-hybridized carbons (Fsp3) is 0.200. The summed E-state index contributed by atoms with van der Waals surface area (Å²) in [6.45, 7) is 0. The smallest absolute Gasteiger partial charge is 0.497 e. The minimum Gasteiger partial charge on any atom is -0.497 e. The summed E-state index contributed by atoms with van der Waals surface area (Å²) >= 11 is 1.22. The molecule has 0 aliphatic rings. The average Bonchev–Trinajstić information content (AvgIpc) is 3.15. The van der Waals surface area contributed by atoms with Crippen molar-refractivity contribution in [1.29, 1.82) is 0 Å². The number of hydrogen-bond acceptors (Lipinski definition) is 5. The Hall–Kier alpha value is -3.14. The Morgan fingerprint density at radius 2 is 1.73 bits per heavy atom. The molecule has 0 aliphatic heterocycles. The van der Waals surface area contributed by atoms with E-state index in [1.807, 2.05) is 12.1 Å². The van der Waals surface area contributed by atoms with Crippen molar-refractivity contribution in [2.75, 3.05) is 19.9 Å². The first kappa shape index (κ1) is 21.6. The van der Waals surface area contributed by atoms with Crippen LogP contribution in [0.15, 0.2) is 59.9 Å². The third-order valence-electron chi connectivity index (χ3n) is 4.05. The van der Waals surface area contributed by atoms with Gasteiger partial charge in [-0.05, 0) is 48.5 Å². The lowest BCUT2D eigenvalue weighted by atomic mass is 10.1. The van der Waals surface area contributed by atoms with E-state index in [9.17, 15) is 18.0 Å². The number of ether oxygens (including phenoxy) is 2. The van der Waals surface area contributed by atoms with Gasteiger partial charge in [-0.25, -0.2) is 4.98 Å². The van der Waals surface area contributed by atoms with Crippen molar-refractivity contribution in [2.24, 2.45) is 0 Å². The van der Waals surface area contributed by atoms with Crippen molar-refractivity contribution in [3.8, 4) is 28.4 Å². The van der Waals surface area contributed by atoms with Gasteiger partial charge in [-0.1, -0.05) is 11.8 Å². The predicted molar refractivity (Wildman–Crippen MR) is 107 cm³/mol. The third kappa shape index (κ3) is 5.26. The zero-order valence-corrected chi connectivity index (χ0v) is 16.9. The van der Waals surface area contributed by atoms with Gasteiger partial charge in [0, 0.05) is 18.3 Å². The van der Waals surface area contributed by atoms with Crippen molar-refractivity contribution in [2.45, 2.75) is 11.5 Å². The molecule has 10 heteroatoms. The molecule has 2 aromatic carbocycles. The quantitative estimate of drug-likeness (QED) is 0.559. The minimum atomic E-state index is -4.76. The molecule has 0 atom stereocenters. The summed E-state index contributed by atoms with van der Waals surface area (Å²) in [5, 5.41) is 3.06. The number of imidazole rings is 1. The summed E-state index contributed by atoms with van der Waals surface area (Å²) in [4.78, 5) is 16.1. The van der Waals surface area contributed by atoms with Gasteiger partial charge in [0.15, 0.2) is 5.16 Å². The molecule has 0 aliphatic carbocycles. The number of alkyl halides is 3. The number of carbonyl (C=O) groups is 1. The number of nitrogens with zero attached hydrogens (tertiary/aromatic N) is 2. The molecule has 0 bridgehead atoms. The Labute approximate surface area is 175 Å². The van der Waals surface area contributed by atoms with E-state index in [2.05, 4.69) is 15.0 Å². The van der Waals surface area contributed by atoms with Gasteiger partial charge >= 0.3 is 6.36 Å². The van der Waals surface area contributed by atoms with Crippen LogP contribution in [-0.4, -0.2) is 41.7 Å². The lowest BCUT2D eigenvalue weighted by Gasteiger charge is -2.14. The molecule has 1 N–H and O–H groups in total. The van der Waals surface area contributed by atoms with Crippen molar-refractivity contribution < 1.29 is 27.4 Å². The topological polar surface area (TPSA) is 65.4 Å². The molecule has 1 heterocycles. The maximum atomic E-state index is 12.4. The molecule has 6 nitrogen and oxygen atoms in total. The van der Waals surface area contributed by atoms with E-state index < -0.39 is 6.36 Å². The van der Waals surface area contributed by atoms with Crippen LogP contribution in [0.4, 0.5) is 13.2 Å². The number of hydrogen-bond donors (Lipinski definition) is 1. The maximum Gasteiger partial charge on any atom is 0.573 e. The second kappa shape index (κ2) is 9.12. The molecule has 1 amide bonds. The monoisotopic (exact) mass is 437 g/mol. The lowest BCUT2D eigenvalue weighted by molar-refractivity contribution is -0.274. The summed E-state index contributed by atoms with van der Waals surface area (Å²) < 4.78 is 48.2. The highest BCUT2D eigenvalue weighted by Crippen LogP contribution is 2.32. The first-order chi connectivity index (χ1) is 14.3. The normalized spacial score (nSPS) is 11.2. The second-order valence-electron chi connectivity index (χ2n) is 5.99. The fourth-order valence-electron chi connectivity index (χ4n) is 2.65. The minimum absolute atomic E-state index is 0.144. The molecule has 0 radical (unpaired) electrons. The van der Waals surface area contributed by atoms with Gasteiger partial charge in [0.1, 0.15) is 11.5 Å². The second-order valence-corrected chi connectivity index (χ2v) is 6.94. The number of carbonyl (C=O) groups excluding carboxylic acids is 1. The Balaban J connectivity index is 2.00. The third-order valence-corrected chi connectivity index (χ3v) is 5.01. The van der Waals surface area contributed by atoms with Crippen LogP contribution < -0.4 is 14.8 Å². The standard InChI is InChI=1S/C20H18F3N3O3S/c1-24-18(27)12-30-19-25-11-17(13-3-7-15(28-2)8-4-13)26(19)14-5-9-16(10-6-14)29-20(21,22)23/h3-11H,12H2,1-2H3,(H,24,27). The highest BCUT2D eigenvalue weighted by atomic mass is 32.2. The zero-order chi connectivity index (χ0) is 21.7. The Bertz CT molecular complexity index is 1000. The SMILES string of the molecule is CNC(=O)CSc1ncc(-c2ccc(OC)cc2)n1-c1ccc(OC(F)(F)F)cc1. The first-order valence-corrected chi connectivity index (χ1v) is 9.71. The van der Waals surface area contributed by atoms with Gasteiger partial charge in [0.2, 0.25) is 5.91 Å². The molecule has 0 unspecified atom stereocenters. The van der Waals surface area contributed by atoms with E-state index in [-0.39, 0.29) is 17.4 Å². The molecule has 158 valence electrons. The summed E-state index contributed by atoms with van der Waals surface area (Å²) in [5.41, 5.74) is 2.11. The van der Waals surface area contributed by atoms with Crippen molar-refractivity contribution >= 4 is 17.7 Å². The first-order valence-electron chi connectivity index (χ1n) is 8.72. The summed E-state index contributed by atoms with van der Waals surface area (Å²) in [6, 6.07) is 12.7. The van der Waals surface area contributed by atoms with Crippen LogP contribution in [0.2, 0.25) is 0 Å². The van der Waals surface area contributed by atoms with Crippen LogP contribution in [0.3, 0.4) is 0 Å². The largest absolute Gasteiger partial charge is 0.573 e. The van der Waals surface area contributed by atoms with Gasteiger partial charge in [-0.3, -0.25) is 9.36 Å². The Morgan fingerprint density at radius 3 is 2.30 bits per heavy atom. The fourth-order valence-corrected chi connectivity index (χ4v) is 3.52. The molecule has 0 saturated heterocycles. The van der Waals surface area contributed by atoms with Crippen LogP contribution in [0, 0.1) is 0 Å². The molecule has 30 heavy (non-hydrogen) atoms. The molecule has 1 aromatic heterocycles. The molecular formula is C20H18F3N3O3S. The summed E-state index contributed by atoms with van der Waals surface area (Å²) in [5.74, 6) is 0.337. The van der Waals surface area contributed by atoms with Crippen LogP contribution >= 0.6 is 11.8 Å². The van der Waals surface area contributed by atoms with Crippen molar-refractivity contribution in [3.63, 3.8) is 0 Å². The Morgan fingerprint density at radius 1 is 1.10 bits per heavy atom. The highest BCUT2D eigenvalue weighted by molar-refractivity contribution is 7.99. The van der Waals surface area contributed by atoms with Gasteiger partial charge in [0.05, 0.1) is 24.8 Å². The number of benzene rings is 2. The van der Waals surface area contributed by atoms with Crippen LogP contribution in [0.5, 0.6) is 11.5 Å². The molecule has 0 fully saturated rings. The molecule has 3 rings (SSSR count).